The molecule has 0 saturated heterocycles. The molecule has 0 aliphatic rings. The van der Waals surface area contributed by atoms with Crippen LogP contribution in [0.5, 0.6) is 0 Å². The second kappa shape index (κ2) is 6.01. The first-order valence-electron chi connectivity index (χ1n) is 3.71. The van der Waals surface area contributed by atoms with Gasteiger partial charge in [0, 0.05) is 7.11 Å². The molecule has 0 aliphatic heterocycles. The predicted octanol–water partition coefficient (Wildman–Crippen LogP) is -2.72. The Morgan fingerprint density at radius 1 is 1.23 bits per heavy atom. The third kappa shape index (κ3) is 3.79. The van der Waals surface area contributed by atoms with E-state index in [9.17, 15) is 4.79 Å². The second-order valence-corrected chi connectivity index (χ2v) is 2.63. The molecule has 0 amide bonds. The zero-order valence-electron chi connectivity index (χ0n) is 7.20. The van der Waals surface area contributed by atoms with E-state index in [1.165, 1.54) is 7.11 Å². The molecular weight excluding hydrogens is 180 g/mol. The molecule has 0 aromatic heterocycles. The van der Waals surface area contributed by atoms with Crippen LogP contribution in [0.25, 0.3) is 0 Å². The molecule has 0 saturated carbocycles. The molecule has 78 valence electrons. The van der Waals surface area contributed by atoms with Gasteiger partial charge in [-0.3, -0.25) is 0 Å². The summed E-state index contributed by atoms with van der Waals surface area (Å²) in [4.78, 5) is 10.00. The number of carbonyl (C=O) groups excluding carboxylic acids is 1. The summed E-state index contributed by atoms with van der Waals surface area (Å²) >= 11 is 0. The highest BCUT2D eigenvalue weighted by Crippen LogP contribution is 2.03. The van der Waals surface area contributed by atoms with Crippen molar-refractivity contribution in [2.24, 2.45) is 0 Å². The number of carbonyl (C=O) groups is 1. The van der Waals surface area contributed by atoms with Crippen molar-refractivity contribution >= 4 is 6.29 Å². The molecule has 0 aromatic carbocycles. The Kier molecular flexibility index (Phi) is 5.76. The van der Waals surface area contributed by atoms with Crippen molar-refractivity contribution in [2.45, 2.75) is 24.4 Å². The number of rotatable bonds is 6. The zero-order valence-corrected chi connectivity index (χ0v) is 7.20. The number of methoxy groups -OCH3 is 1. The van der Waals surface area contributed by atoms with Crippen LogP contribution in [0.15, 0.2) is 0 Å². The van der Waals surface area contributed by atoms with Crippen LogP contribution in [0.1, 0.15) is 0 Å². The summed E-state index contributed by atoms with van der Waals surface area (Å²) in [6.07, 6.45) is -6.29. The summed E-state index contributed by atoms with van der Waals surface area (Å²) in [5.74, 6) is 0. The summed E-state index contributed by atoms with van der Waals surface area (Å²) in [5.41, 5.74) is 0. The van der Waals surface area contributed by atoms with E-state index >= 15 is 0 Å². The van der Waals surface area contributed by atoms with Gasteiger partial charge >= 0.3 is 0 Å². The minimum Gasteiger partial charge on any atom is -0.388 e. The van der Waals surface area contributed by atoms with Crippen LogP contribution < -0.4 is 0 Å². The number of ether oxygens (including phenoxy) is 1. The van der Waals surface area contributed by atoms with Crippen molar-refractivity contribution in [3.05, 3.63) is 0 Å². The van der Waals surface area contributed by atoms with E-state index < -0.39 is 24.4 Å². The van der Waals surface area contributed by atoms with Gasteiger partial charge in [0.1, 0.15) is 24.4 Å². The molecule has 0 spiro atoms. The molecular formula is C7H14O6. The van der Waals surface area contributed by atoms with Gasteiger partial charge in [-0.1, -0.05) is 0 Å². The number of hydrogen-bond donors (Lipinski definition) is 4. The maximum absolute atomic E-state index is 10.00. The summed E-state index contributed by atoms with van der Waals surface area (Å²) in [7, 11) is 1.30. The van der Waals surface area contributed by atoms with Crippen LogP contribution >= 0.6 is 0 Å². The van der Waals surface area contributed by atoms with Crippen molar-refractivity contribution in [1.29, 1.82) is 0 Å². The van der Waals surface area contributed by atoms with Crippen molar-refractivity contribution < 1.29 is 30.0 Å². The number of aliphatic hydroxyl groups is 4. The standard InChI is InChI=1S/C7H14O6/c1-13-3-5(10)7(12)6(11)4(9)2-8/h2,4-7,9-12H,3H2,1H3/t4-,5+,6-,7-/m0/s1. The largest absolute Gasteiger partial charge is 0.388 e. The smallest absolute Gasteiger partial charge is 0.151 e. The monoisotopic (exact) mass is 194 g/mol. The first kappa shape index (κ1) is 12.5. The minimum atomic E-state index is -1.71. The van der Waals surface area contributed by atoms with Crippen LogP contribution in [-0.2, 0) is 9.53 Å². The maximum Gasteiger partial charge on any atom is 0.151 e. The van der Waals surface area contributed by atoms with Gasteiger partial charge in [0.05, 0.1) is 6.61 Å². The van der Waals surface area contributed by atoms with Gasteiger partial charge in [-0.05, 0) is 0 Å². The van der Waals surface area contributed by atoms with Gasteiger partial charge in [-0.2, -0.15) is 0 Å². The molecule has 0 heterocycles. The minimum absolute atomic E-state index is 0.0768. The molecule has 0 bridgehead atoms. The van der Waals surface area contributed by atoms with Gasteiger partial charge in [0.2, 0.25) is 0 Å². The lowest BCUT2D eigenvalue weighted by molar-refractivity contribution is -0.137. The number of hydrogen-bond acceptors (Lipinski definition) is 6. The molecule has 0 aliphatic carbocycles. The van der Waals surface area contributed by atoms with Crippen molar-refractivity contribution in [3.63, 3.8) is 0 Å². The quantitative estimate of drug-likeness (QED) is 0.342. The molecule has 4 N–H and O–H groups in total. The van der Waals surface area contributed by atoms with Crippen LogP contribution in [-0.4, -0.2) is 64.8 Å². The topological polar surface area (TPSA) is 107 Å². The Balaban J connectivity index is 4.06. The van der Waals surface area contributed by atoms with E-state index in [1.807, 2.05) is 0 Å². The van der Waals surface area contributed by atoms with Crippen LogP contribution in [0.3, 0.4) is 0 Å². The normalized spacial score (nSPS) is 20.4. The third-order valence-corrected chi connectivity index (χ3v) is 1.57. The Morgan fingerprint density at radius 2 is 1.77 bits per heavy atom. The predicted molar refractivity (Wildman–Crippen MR) is 42.0 cm³/mol. The van der Waals surface area contributed by atoms with E-state index in [4.69, 9.17) is 20.4 Å². The summed E-state index contributed by atoms with van der Waals surface area (Å²) in [6, 6.07) is 0. The summed E-state index contributed by atoms with van der Waals surface area (Å²) in [6.45, 7) is -0.191. The van der Waals surface area contributed by atoms with E-state index in [1.54, 1.807) is 0 Å². The van der Waals surface area contributed by atoms with E-state index in [0.29, 0.717) is 0 Å². The Morgan fingerprint density at radius 3 is 2.15 bits per heavy atom. The lowest BCUT2D eigenvalue weighted by Gasteiger charge is -2.23. The lowest BCUT2D eigenvalue weighted by Crippen LogP contribution is -2.46. The molecule has 6 heteroatoms. The molecule has 0 fully saturated rings. The van der Waals surface area contributed by atoms with Gasteiger partial charge in [0.15, 0.2) is 6.29 Å². The molecule has 0 unspecified atom stereocenters. The van der Waals surface area contributed by atoms with Crippen molar-refractivity contribution in [3.8, 4) is 0 Å². The average molecular weight is 194 g/mol. The Hall–Kier alpha value is -0.530. The fourth-order valence-corrected chi connectivity index (χ4v) is 0.779. The van der Waals surface area contributed by atoms with Gasteiger partial charge < -0.3 is 30.0 Å². The van der Waals surface area contributed by atoms with Crippen LogP contribution in [0.4, 0.5) is 0 Å². The van der Waals surface area contributed by atoms with E-state index in [-0.39, 0.29) is 12.9 Å². The lowest BCUT2D eigenvalue weighted by atomic mass is 10.0. The summed E-state index contributed by atoms with van der Waals surface area (Å²) < 4.78 is 4.50. The molecule has 13 heavy (non-hydrogen) atoms. The first-order valence-corrected chi connectivity index (χ1v) is 3.71. The van der Waals surface area contributed by atoms with Crippen molar-refractivity contribution in [1.82, 2.24) is 0 Å². The SMILES string of the molecule is COC[C@@H](O)[C@H](O)[C@@H](O)[C@@H](O)C=O. The van der Waals surface area contributed by atoms with Crippen LogP contribution in [0, 0.1) is 0 Å². The first-order chi connectivity index (χ1) is 6.04. The Bertz CT molecular complexity index is 150. The highest BCUT2D eigenvalue weighted by molar-refractivity contribution is 5.56. The zero-order chi connectivity index (χ0) is 10.4. The van der Waals surface area contributed by atoms with E-state index in [0.717, 1.165) is 0 Å². The highest BCUT2D eigenvalue weighted by atomic mass is 16.5. The molecule has 0 aromatic rings. The third-order valence-electron chi connectivity index (χ3n) is 1.57. The molecule has 0 radical (unpaired) electrons. The fourth-order valence-electron chi connectivity index (χ4n) is 0.779. The molecule has 4 atom stereocenters. The number of aldehydes is 1. The van der Waals surface area contributed by atoms with Crippen molar-refractivity contribution in [2.75, 3.05) is 13.7 Å². The van der Waals surface area contributed by atoms with Gasteiger partial charge in [-0.15, -0.1) is 0 Å². The van der Waals surface area contributed by atoms with Crippen LogP contribution in [0.2, 0.25) is 0 Å². The molecule has 0 rings (SSSR count). The second-order valence-electron chi connectivity index (χ2n) is 2.63. The number of aliphatic hydroxyl groups excluding tert-OH is 4. The maximum atomic E-state index is 10.00. The fraction of sp³-hybridized carbons (Fsp3) is 0.857. The van der Waals surface area contributed by atoms with E-state index in [2.05, 4.69) is 4.74 Å². The Labute approximate surface area is 75.4 Å². The van der Waals surface area contributed by atoms with Gasteiger partial charge in [-0.25, -0.2) is 0 Å². The average Bonchev–Trinajstić information content (AvgIpc) is 2.14. The summed E-state index contributed by atoms with van der Waals surface area (Å²) in [5, 5.41) is 36.0. The highest BCUT2D eigenvalue weighted by Gasteiger charge is 2.29. The molecule has 6 nitrogen and oxygen atoms in total. The van der Waals surface area contributed by atoms with Gasteiger partial charge in [0.25, 0.3) is 0 Å².